The fourth-order valence-corrected chi connectivity index (χ4v) is 2.26. The van der Waals surface area contributed by atoms with Crippen molar-refractivity contribution >= 4 is 41.1 Å². The normalized spacial score (nSPS) is 9.95. The molecule has 6 N–H and O–H groups in total. The van der Waals surface area contributed by atoms with Gasteiger partial charge in [-0.15, -0.1) is 23.7 Å². The zero-order valence-electron chi connectivity index (χ0n) is 11.7. The molecule has 0 aliphatic heterocycles. The average molecular weight is 347 g/mol. The van der Waals surface area contributed by atoms with Crippen molar-refractivity contribution in [2.75, 3.05) is 7.05 Å². The van der Waals surface area contributed by atoms with Gasteiger partial charge in [0.05, 0.1) is 5.69 Å². The minimum atomic E-state index is 0. The molecule has 6 nitrogen and oxygen atoms in total. The predicted octanol–water partition coefficient (Wildman–Crippen LogP) is 0.904. The lowest BCUT2D eigenvalue weighted by molar-refractivity contribution is 0.862. The summed E-state index contributed by atoms with van der Waals surface area (Å²) in [5, 5.41) is 8.82. The first-order valence-electron chi connectivity index (χ1n) is 5.76. The van der Waals surface area contributed by atoms with Gasteiger partial charge in [-0.1, -0.05) is 30.3 Å². The number of halogens is 1. The van der Waals surface area contributed by atoms with E-state index in [0.29, 0.717) is 5.11 Å². The van der Waals surface area contributed by atoms with Crippen molar-refractivity contribution in [3.63, 3.8) is 0 Å². The molecule has 0 aliphatic carbocycles. The molecule has 0 saturated heterocycles. The Balaban J connectivity index is 0.000000495. The molecule has 116 valence electrons. The number of thiazole rings is 1. The number of nitrogens with zero attached hydrogens (tertiary/aromatic N) is 2. The number of hydrogen-bond donors (Lipinski definition) is 4. The van der Waals surface area contributed by atoms with Gasteiger partial charge in [0, 0.05) is 19.5 Å². The maximum atomic E-state index is 5.26. The molecular formula is C12H19ClN6S2. The van der Waals surface area contributed by atoms with Gasteiger partial charge in [0.1, 0.15) is 0 Å². The van der Waals surface area contributed by atoms with Crippen LogP contribution in [0.3, 0.4) is 0 Å². The van der Waals surface area contributed by atoms with Crippen LogP contribution in [-0.2, 0) is 7.05 Å². The van der Waals surface area contributed by atoms with Crippen LogP contribution in [0.2, 0.25) is 0 Å². The van der Waals surface area contributed by atoms with Crippen molar-refractivity contribution in [3.8, 4) is 11.3 Å². The summed E-state index contributed by atoms with van der Waals surface area (Å²) in [6, 6.07) is 10.2. The van der Waals surface area contributed by atoms with Gasteiger partial charge in [0.15, 0.2) is 5.11 Å². The molecule has 0 atom stereocenters. The summed E-state index contributed by atoms with van der Waals surface area (Å²) in [7, 11) is 3.66. The van der Waals surface area contributed by atoms with E-state index < -0.39 is 0 Å². The van der Waals surface area contributed by atoms with Crippen molar-refractivity contribution in [3.05, 3.63) is 40.5 Å². The van der Waals surface area contributed by atoms with E-state index in [1.54, 1.807) is 18.4 Å². The fourth-order valence-electron chi connectivity index (χ4n) is 1.43. The van der Waals surface area contributed by atoms with Crippen molar-refractivity contribution in [2.24, 2.45) is 23.8 Å². The van der Waals surface area contributed by atoms with Crippen LogP contribution in [0.4, 0.5) is 0 Å². The first-order chi connectivity index (χ1) is 9.63. The zero-order valence-corrected chi connectivity index (χ0v) is 14.2. The molecule has 1 heterocycles. The molecule has 0 saturated carbocycles. The number of hydrogen-bond acceptors (Lipinski definition) is 5. The fraction of sp³-hybridized carbons (Fsp3) is 0.167. The third kappa shape index (κ3) is 5.72. The van der Waals surface area contributed by atoms with Gasteiger partial charge in [0.2, 0.25) is 4.80 Å². The van der Waals surface area contributed by atoms with Gasteiger partial charge in [0.25, 0.3) is 0 Å². The monoisotopic (exact) mass is 346 g/mol. The van der Waals surface area contributed by atoms with Crippen LogP contribution in [0.15, 0.2) is 40.8 Å². The summed E-state index contributed by atoms with van der Waals surface area (Å²) in [6.45, 7) is 0. The smallest absolute Gasteiger partial charge is 0.207 e. The van der Waals surface area contributed by atoms with Crippen LogP contribution in [0.1, 0.15) is 0 Å². The van der Waals surface area contributed by atoms with Crippen molar-refractivity contribution in [2.45, 2.75) is 0 Å². The van der Waals surface area contributed by atoms with Gasteiger partial charge >= 0.3 is 0 Å². The lowest BCUT2D eigenvalue weighted by atomic mass is 10.2. The summed E-state index contributed by atoms with van der Waals surface area (Å²) >= 11 is 6.05. The first kappa shape index (κ1) is 19.4. The summed E-state index contributed by atoms with van der Waals surface area (Å²) in [5.41, 5.74) is 4.56. The molecule has 9 heteroatoms. The van der Waals surface area contributed by atoms with Gasteiger partial charge in [-0.05, 0) is 17.8 Å². The Bertz CT molecular complexity index is 602. The number of aromatic nitrogens is 1. The topological polar surface area (TPSA) is 93.4 Å². The van der Waals surface area contributed by atoms with Crippen molar-refractivity contribution < 1.29 is 0 Å². The summed E-state index contributed by atoms with van der Waals surface area (Å²) < 4.78 is 1.99. The number of hydrazine groups is 1. The zero-order chi connectivity index (χ0) is 15.0. The highest BCUT2D eigenvalue weighted by Crippen LogP contribution is 2.17. The Hall–Kier alpha value is -1.61. The summed E-state index contributed by atoms with van der Waals surface area (Å²) in [5.74, 6) is 10.1. The Morgan fingerprint density at radius 1 is 1.33 bits per heavy atom. The second-order valence-electron chi connectivity index (χ2n) is 3.68. The number of nitrogens with two attached hydrogens (primary N) is 2. The molecule has 0 fully saturated rings. The number of benzene rings is 1. The molecule has 0 spiro atoms. The minimum absolute atomic E-state index is 0. The van der Waals surface area contributed by atoms with E-state index in [0.717, 1.165) is 10.5 Å². The van der Waals surface area contributed by atoms with Crippen LogP contribution in [-0.4, -0.2) is 16.7 Å². The summed E-state index contributed by atoms with van der Waals surface area (Å²) in [4.78, 5) is 0.823. The lowest BCUT2D eigenvalue weighted by Crippen LogP contribution is -2.37. The Kier molecular flexibility index (Phi) is 9.39. The molecule has 0 amide bonds. The second kappa shape index (κ2) is 10.2. The van der Waals surface area contributed by atoms with Gasteiger partial charge in [-0.2, -0.15) is 5.10 Å². The Morgan fingerprint density at radius 2 is 1.95 bits per heavy atom. The number of thiocarbonyl (C=S) groups is 1. The van der Waals surface area contributed by atoms with Crippen LogP contribution >= 0.6 is 36.0 Å². The van der Waals surface area contributed by atoms with Crippen LogP contribution in [0.25, 0.3) is 11.3 Å². The quantitative estimate of drug-likeness (QED) is 0.350. The van der Waals surface area contributed by atoms with Gasteiger partial charge < -0.3 is 21.2 Å². The molecule has 2 rings (SSSR count). The highest BCUT2D eigenvalue weighted by molar-refractivity contribution is 7.80. The highest BCUT2D eigenvalue weighted by Gasteiger charge is 2.02. The second-order valence-corrected chi connectivity index (χ2v) is 4.93. The van der Waals surface area contributed by atoms with Crippen LogP contribution in [0, 0.1) is 0 Å². The Morgan fingerprint density at radius 3 is 2.33 bits per heavy atom. The van der Waals surface area contributed by atoms with E-state index in [2.05, 4.69) is 45.6 Å². The maximum absolute atomic E-state index is 5.26. The highest BCUT2D eigenvalue weighted by atomic mass is 35.5. The van der Waals surface area contributed by atoms with E-state index >= 15 is 0 Å². The predicted molar refractivity (Wildman–Crippen MR) is 94.7 cm³/mol. The first-order valence-corrected chi connectivity index (χ1v) is 7.05. The van der Waals surface area contributed by atoms with E-state index in [1.165, 1.54) is 5.56 Å². The van der Waals surface area contributed by atoms with Crippen LogP contribution < -0.4 is 27.2 Å². The largest absolute Gasteiger partial charge is 0.365 e. The van der Waals surface area contributed by atoms with Crippen molar-refractivity contribution in [1.29, 1.82) is 0 Å². The van der Waals surface area contributed by atoms with Crippen molar-refractivity contribution in [1.82, 2.24) is 15.3 Å². The molecule has 0 radical (unpaired) electrons. The Labute approximate surface area is 139 Å². The lowest BCUT2D eigenvalue weighted by Gasteiger charge is -2.01. The molecule has 1 aromatic carbocycles. The standard InChI is InChI=1S/C10H11N3S.C2H7N3S.ClH/c1-13-9(7-14-10(13)12-11)8-5-3-2-4-6-8;1-4-2(6)5-3;/h2-7H,11H2,1H3;3H2,1H3,(H2,4,5,6);1H. The van der Waals surface area contributed by atoms with Crippen LogP contribution in [0.5, 0.6) is 0 Å². The third-order valence-corrected chi connectivity index (χ3v) is 3.72. The molecule has 21 heavy (non-hydrogen) atoms. The molecule has 0 unspecified atom stereocenters. The maximum Gasteiger partial charge on any atom is 0.207 e. The molecule has 2 aromatic rings. The van der Waals surface area contributed by atoms with E-state index in [-0.39, 0.29) is 12.4 Å². The summed E-state index contributed by atoms with van der Waals surface area (Å²) in [6.07, 6.45) is 0. The van der Waals surface area contributed by atoms with Gasteiger partial charge in [-0.25, -0.2) is 5.84 Å². The molecule has 0 aliphatic rings. The number of rotatable bonds is 1. The van der Waals surface area contributed by atoms with E-state index in [4.69, 9.17) is 11.7 Å². The number of nitrogens with one attached hydrogen (secondary N) is 2. The molecular weight excluding hydrogens is 328 g/mol. The van der Waals surface area contributed by atoms with E-state index in [9.17, 15) is 0 Å². The van der Waals surface area contributed by atoms with E-state index in [1.807, 2.05) is 29.8 Å². The third-order valence-electron chi connectivity index (χ3n) is 2.46. The molecule has 0 bridgehead atoms. The SMILES string of the molecule is CNC(=S)NN.Cl.Cn1c(-c2ccccc2)csc1=NN. The van der Waals surface area contributed by atoms with Gasteiger partial charge in [-0.3, -0.25) is 0 Å². The molecule has 1 aromatic heterocycles. The average Bonchev–Trinajstić information content (AvgIpc) is 2.88. The minimum Gasteiger partial charge on any atom is -0.365 e.